The predicted molar refractivity (Wildman–Crippen MR) is 80.2 cm³/mol. The first-order valence-corrected chi connectivity index (χ1v) is 7.45. The maximum absolute atomic E-state index is 13.4. The summed E-state index contributed by atoms with van der Waals surface area (Å²) in [6.07, 6.45) is -9.84. The summed E-state index contributed by atoms with van der Waals surface area (Å²) < 4.78 is 61.2. The van der Waals surface area contributed by atoms with E-state index < -0.39 is 35.5 Å². The average Bonchev–Trinajstić information content (AvgIpc) is 2.80. The van der Waals surface area contributed by atoms with Gasteiger partial charge in [-0.25, -0.2) is 4.90 Å². The van der Waals surface area contributed by atoms with E-state index in [2.05, 4.69) is 9.47 Å². The van der Waals surface area contributed by atoms with Gasteiger partial charge >= 0.3 is 12.2 Å². The van der Waals surface area contributed by atoms with Crippen LogP contribution in [0.15, 0.2) is 36.4 Å². The topological polar surface area (TPSA) is 55.8 Å². The van der Waals surface area contributed by atoms with Gasteiger partial charge in [-0.05, 0) is 12.1 Å². The summed E-state index contributed by atoms with van der Waals surface area (Å²) in [5.41, 5.74) is -0.0955. The summed E-state index contributed by atoms with van der Waals surface area (Å²) >= 11 is 5.96. The standard InChI is InChI=1S/C16H6ClF4NO4/c17-9-5-11-12(26-16(20,21)15(18,19)25-11)6-10(9)22-13(23)7-3-1-2-4-8(7)14(22)24/h1-6H. The summed E-state index contributed by atoms with van der Waals surface area (Å²) in [4.78, 5) is 25.6. The van der Waals surface area contributed by atoms with Gasteiger partial charge in [0.1, 0.15) is 0 Å². The minimum absolute atomic E-state index is 0.0975. The maximum atomic E-state index is 13.4. The third kappa shape index (κ3) is 2.16. The van der Waals surface area contributed by atoms with E-state index in [9.17, 15) is 27.2 Å². The number of amides is 2. The number of halogens is 5. The molecule has 0 atom stereocenters. The Morgan fingerprint density at radius 3 is 1.81 bits per heavy atom. The summed E-state index contributed by atoms with van der Waals surface area (Å²) in [5, 5.41) is -0.331. The van der Waals surface area contributed by atoms with Gasteiger partial charge in [0, 0.05) is 12.1 Å². The largest absolute Gasteiger partial charge is 0.507 e. The Labute approximate surface area is 147 Å². The number of fused-ring (bicyclic) bond motifs is 2. The lowest BCUT2D eigenvalue weighted by molar-refractivity contribution is -0.391. The van der Waals surface area contributed by atoms with Crippen molar-refractivity contribution in [3.63, 3.8) is 0 Å². The molecule has 0 saturated carbocycles. The number of hydrogen-bond donors (Lipinski definition) is 0. The number of carbonyl (C=O) groups excluding carboxylic acids is 2. The third-order valence-corrected chi connectivity index (χ3v) is 4.17. The molecule has 0 radical (unpaired) electrons. The number of hydrogen-bond acceptors (Lipinski definition) is 4. The van der Waals surface area contributed by atoms with Crippen molar-refractivity contribution in [3.05, 3.63) is 52.5 Å². The van der Waals surface area contributed by atoms with Crippen LogP contribution >= 0.6 is 11.6 Å². The van der Waals surface area contributed by atoms with Crippen LogP contribution in [0.4, 0.5) is 23.2 Å². The Morgan fingerprint density at radius 1 is 0.846 bits per heavy atom. The molecule has 134 valence electrons. The van der Waals surface area contributed by atoms with Crippen molar-refractivity contribution in [2.45, 2.75) is 12.2 Å². The van der Waals surface area contributed by atoms with Gasteiger partial charge in [-0.3, -0.25) is 9.59 Å². The Balaban J connectivity index is 1.81. The van der Waals surface area contributed by atoms with Gasteiger partial charge in [0.05, 0.1) is 21.8 Å². The zero-order chi connectivity index (χ0) is 18.9. The molecule has 0 aliphatic carbocycles. The molecular formula is C16H6ClF4NO4. The van der Waals surface area contributed by atoms with Crippen LogP contribution in [0.1, 0.15) is 20.7 Å². The minimum Gasteiger partial charge on any atom is -0.421 e. The average molecular weight is 388 g/mol. The van der Waals surface area contributed by atoms with Crippen LogP contribution in [0.5, 0.6) is 11.5 Å². The fraction of sp³-hybridized carbons (Fsp3) is 0.125. The number of anilines is 1. The molecule has 2 aliphatic heterocycles. The molecule has 2 amide bonds. The molecule has 10 heteroatoms. The van der Waals surface area contributed by atoms with Gasteiger partial charge in [0.25, 0.3) is 11.8 Å². The lowest BCUT2D eigenvalue weighted by Gasteiger charge is -2.32. The highest BCUT2D eigenvalue weighted by Crippen LogP contribution is 2.50. The Bertz CT molecular complexity index is 944. The van der Waals surface area contributed by atoms with E-state index in [1.54, 1.807) is 12.1 Å². The van der Waals surface area contributed by atoms with E-state index in [-0.39, 0.29) is 21.8 Å². The predicted octanol–water partition coefficient (Wildman–Crippen LogP) is 4.10. The second-order valence-corrected chi connectivity index (χ2v) is 5.89. The second kappa shape index (κ2) is 5.10. The van der Waals surface area contributed by atoms with E-state index in [0.29, 0.717) is 4.90 Å². The van der Waals surface area contributed by atoms with Gasteiger partial charge in [0.2, 0.25) is 0 Å². The summed E-state index contributed by atoms with van der Waals surface area (Å²) in [6, 6.07) is 7.47. The van der Waals surface area contributed by atoms with Gasteiger partial charge in [-0.2, -0.15) is 17.6 Å². The third-order valence-electron chi connectivity index (χ3n) is 3.86. The first-order valence-electron chi connectivity index (χ1n) is 7.07. The molecule has 0 N–H and O–H groups in total. The number of rotatable bonds is 1. The molecule has 0 fully saturated rings. The fourth-order valence-corrected chi connectivity index (χ4v) is 2.90. The minimum atomic E-state index is -4.94. The van der Waals surface area contributed by atoms with E-state index in [0.717, 1.165) is 12.1 Å². The number of benzene rings is 2. The second-order valence-electron chi connectivity index (χ2n) is 5.48. The lowest BCUT2D eigenvalue weighted by Crippen LogP contribution is -2.52. The van der Waals surface area contributed by atoms with Crippen molar-refractivity contribution in [3.8, 4) is 11.5 Å². The van der Waals surface area contributed by atoms with Crippen LogP contribution in [0.25, 0.3) is 0 Å². The van der Waals surface area contributed by atoms with Crippen LogP contribution in [-0.4, -0.2) is 24.0 Å². The van der Waals surface area contributed by atoms with Crippen molar-refractivity contribution in [1.29, 1.82) is 0 Å². The first kappa shape index (κ1) is 16.6. The highest BCUT2D eigenvalue weighted by Gasteiger charge is 2.66. The molecule has 2 heterocycles. The molecule has 0 saturated heterocycles. The van der Waals surface area contributed by atoms with E-state index in [1.165, 1.54) is 12.1 Å². The summed E-state index contributed by atoms with van der Waals surface area (Å²) in [5.74, 6) is -2.99. The number of imide groups is 1. The number of ether oxygens (including phenoxy) is 2. The number of alkyl halides is 4. The highest BCUT2D eigenvalue weighted by atomic mass is 35.5. The Kier molecular flexibility index (Phi) is 3.27. The molecule has 0 bridgehead atoms. The molecule has 0 spiro atoms. The molecule has 5 nitrogen and oxygen atoms in total. The van der Waals surface area contributed by atoms with E-state index >= 15 is 0 Å². The zero-order valence-corrected chi connectivity index (χ0v) is 13.2. The molecule has 0 unspecified atom stereocenters. The fourth-order valence-electron chi connectivity index (χ4n) is 2.66. The Morgan fingerprint density at radius 2 is 1.31 bits per heavy atom. The number of nitrogens with zero attached hydrogens (tertiary/aromatic N) is 1. The van der Waals surface area contributed by atoms with Gasteiger partial charge in [-0.1, -0.05) is 23.7 Å². The molecule has 26 heavy (non-hydrogen) atoms. The van der Waals surface area contributed by atoms with Gasteiger partial charge in [-0.15, -0.1) is 0 Å². The normalized spacial score (nSPS) is 19.5. The monoisotopic (exact) mass is 387 g/mol. The van der Waals surface area contributed by atoms with Crippen molar-refractivity contribution in [2.24, 2.45) is 0 Å². The lowest BCUT2D eigenvalue weighted by atomic mass is 10.1. The SMILES string of the molecule is O=C1c2ccccc2C(=O)N1c1cc2c(cc1Cl)OC(F)(F)C(F)(F)O2. The van der Waals surface area contributed by atoms with Crippen molar-refractivity contribution >= 4 is 29.1 Å². The molecule has 2 aromatic rings. The van der Waals surface area contributed by atoms with Gasteiger partial charge in [0.15, 0.2) is 11.5 Å². The van der Waals surface area contributed by atoms with Crippen LogP contribution < -0.4 is 14.4 Å². The van der Waals surface area contributed by atoms with Crippen molar-refractivity contribution < 1.29 is 36.6 Å². The zero-order valence-electron chi connectivity index (χ0n) is 12.4. The molecule has 2 aromatic carbocycles. The van der Waals surface area contributed by atoms with Crippen LogP contribution in [0, 0.1) is 0 Å². The van der Waals surface area contributed by atoms with Crippen LogP contribution in [0.2, 0.25) is 5.02 Å². The molecule has 2 aliphatic rings. The summed E-state index contributed by atoms with van der Waals surface area (Å²) in [6.45, 7) is 0. The summed E-state index contributed by atoms with van der Waals surface area (Å²) in [7, 11) is 0. The van der Waals surface area contributed by atoms with Gasteiger partial charge < -0.3 is 9.47 Å². The quantitative estimate of drug-likeness (QED) is 0.546. The van der Waals surface area contributed by atoms with E-state index in [1.807, 2.05) is 0 Å². The molecular weight excluding hydrogens is 382 g/mol. The van der Waals surface area contributed by atoms with Crippen molar-refractivity contribution in [1.82, 2.24) is 0 Å². The van der Waals surface area contributed by atoms with Crippen molar-refractivity contribution in [2.75, 3.05) is 4.90 Å². The Hall–Kier alpha value is -2.81. The smallest absolute Gasteiger partial charge is 0.421 e. The van der Waals surface area contributed by atoms with Crippen LogP contribution in [0.3, 0.4) is 0 Å². The molecule has 4 rings (SSSR count). The van der Waals surface area contributed by atoms with Crippen LogP contribution in [-0.2, 0) is 0 Å². The maximum Gasteiger partial charge on any atom is 0.507 e. The molecule has 0 aromatic heterocycles. The highest BCUT2D eigenvalue weighted by molar-refractivity contribution is 6.40. The van der Waals surface area contributed by atoms with E-state index in [4.69, 9.17) is 11.6 Å². The number of carbonyl (C=O) groups is 2. The first-order chi connectivity index (χ1) is 12.1.